The summed E-state index contributed by atoms with van der Waals surface area (Å²) in [7, 11) is 0. The monoisotopic (exact) mass is 511 g/mol. The first-order valence-corrected chi connectivity index (χ1v) is 12.7. The van der Waals surface area contributed by atoms with E-state index in [9.17, 15) is 29.1 Å². The van der Waals surface area contributed by atoms with Crippen molar-refractivity contribution in [3.05, 3.63) is 76.4 Å². The van der Waals surface area contributed by atoms with Gasteiger partial charge < -0.3 is 10.2 Å². The number of amides is 2. The Morgan fingerprint density at radius 3 is 2.55 bits per heavy atom. The number of carbonyl (C=O) groups is 5. The number of likely N-dealkylation sites (tertiary alicyclic amines) is 1. The van der Waals surface area contributed by atoms with Crippen molar-refractivity contribution in [2.45, 2.75) is 32.1 Å². The van der Waals surface area contributed by atoms with Crippen LogP contribution in [-0.2, 0) is 24.0 Å². The zero-order valence-corrected chi connectivity index (χ0v) is 20.6. The number of ketones is 2. The fraction of sp³-hybridized carbons (Fsp3) is 0.300. The average Bonchev–Trinajstić information content (AvgIpc) is 3.14. The highest BCUT2D eigenvalue weighted by Crippen LogP contribution is 2.56. The molecule has 0 saturated carbocycles. The molecular formula is C30H25NO7. The molecule has 4 atom stereocenters. The molecule has 0 bridgehead atoms. The number of Topliss-reactive ketones (excluding diaryl/α,β-unsaturated/α-hetero) is 1. The third-order valence-corrected chi connectivity index (χ3v) is 8.44. The van der Waals surface area contributed by atoms with E-state index in [-0.39, 0.29) is 43.1 Å². The number of aliphatic carboxylic acids is 1. The predicted molar refractivity (Wildman–Crippen MR) is 136 cm³/mol. The van der Waals surface area contributed by atoms with Crippen molar-refractivity contribution < 1.29 is 34.2 Å². The quantitative estimate of drug-likeness (QED) is 0.365. The maximum atomic E-state index is 13.6. The lowest BCUT2D eigenvalue weighted by atomic mass is 9.59. The molecule has 0 radical (unpaired) electrons. The number of imide groups is 1. The van der Waals surface area contributed by atoms with Gasteiger partial charge >= 0.3 is 5.97 Å². The Hall–Kier alpha value is -4.33. The number of phenolic OH excluding ortho intramolecular Hbond substituents is 1. The van der Waals surface area contributed by atoms with E-state index in [2.05, 4.69) is 0 Å². The van der Waals surface area contributed by atoms with Crippen LogP contribution in [0.25, 0.3) is 10.8 Å². The van der Waals surface area contributed by atoms with E-state index in [1.165, 1.54) is 6.08 Å². The van der Waals surface area contributed by atoms with Gasteiger partial charge in [0.2, 0.25) is 11.8 Å². The maximum absolute atomic E-state index is 13.6. The third kappa shape index (κ3) is 3.40. The van der Waals surface area contributed by atoms with Crippen molar-refractivity contribution in [3.63, 3.8) is 0 Å². The first-order chi connectivity index (χ1) is 18.2. The van der Waals surface area contributed by atoms with Gasteiger partial charge in [0.15, 0.2) is 11.6 Å². The van der Waals surface area contributed by atoms with Gasteiger partial charge in [-0.2, -0.15) is 0 Å². The van der Waals surface area contributed by atoms with Crippen molar-refractivity contribution in [3.8, 4) is 5.75 Å². The van der Waals surface area contributed by atoms with Crippen LogP contribution >= 0.6 is 0 Å². The fourth-order valence-electron chi connectivity index (χ4n) is 6.79. The maximum Gasteiger partial charge on any atom is 0.305 e. The average molecular weight is 512 g/mol. The molecular weight excluding hydrogens is 486 g/mol. The normalized spacial score (nSPS) is 26.7. The summed E-state index contributed by atoms with van der Waals surface area (Å²) in [4.78, 5) is 65.8. The summed E-state index contributed by atoms with van der Waals surface area (Å²) < 4.78 is 0. The molecule has 0 aromatic heterocycles. The summed E-state index contributed by atoms with van der Waals surface area (Å²) >= 11 is 0. The fourth-order valence-corrected chi connectivity index (χ4v) is 6.79. The number of carbonyl (C=O) groups excluding carboxylic acids is 4. The molecule has 6 rings (SSSR count). The summed E-state index contributed by atoms with van der Waals surface area (Å²) in [6.45, 7) is 1.38. The molecule has 8 nitrogen and oxygen atoms in total. The highest BCUT2D eigenvalue weighted by molar-refractivity contribution is 6.24. The van der Waals surface area contributed by atoms with Crippen molar-refractivity contribution in [2.24, 2.45) is 17.8 Å². The minimum Gasteiger partial charge on any atom is -0.508 e. The van der Waals surface area contributed by atoms with Crippen LogP contribution in [0.4, 0.5) is 0 Å². The van der Waals surface area contributed by atoms with Crippen molar-refractivity contribution in [2.75, 3.05) is 6.54 Å². The first kappa shape index (κ1) is 24.0. The highest BCUT2D eigenvalue weighted by atomic mass is 16.4. The topological polar surface area (TPSA) is 129 Å². The molecule has 0 unspecified atom stereocenters. The number of benzene rings is 2. The van der Waals surface area contributed by atoms with Crippen LogP contribution in [0.1, 0.15) is 37.7 Å². The summed E-state index contributed by atoms with van der Waals surface area (Å²) in [6, 6.07) is 10.8. The van der Waals surface area contributed by atoms with E-state index in [4.69, 9.17) is 5.11 Å². The molecule has 2 aromatic carbocycles. The Labute approximate surface area is 217 Å². The molecule has 2 N–H and O–H groups in total. The molecule has 1 fully saturated rings. The van der Waals surface area contributed by atoms with E-state index >= 15 is 0 Å². The zero-order valence-electron chi connectivity index (χ0n) is 20.6. The third-order valence-electron chi connectivity index (χ3n) is 8.44. The van der Waals surface area contributed by atoms with Gasteiger partial charge in [0.1, 0.15) is 5.75 Å². The molecule has 0 spiro atoms. The van der Waals surface area contributed by atoms with E-state index in [1.807, 2.05) is 30.3 Å². The van der Waals surface area contributed by atoms with Crippen LogP contribution in [0, 0.1) is 17.8 Å². The van der Waals surface area contributed by atoms with Crippen LogP contribution in [-0.4, -0.2) is 51.0 Å². The second-order valence-corrected chi connectivity index (χ2v) is 10.4. The summed E-state index contributed by atoms with van der Waals surface area (Å²) in [5.41, 5.74) is 2.18. The number of fused-ring (bicyclic) bond motifs is 4. The molecule has 1 heterocycles. The number of carboxylic acid groups (broad SMARTS) is 1. The van der Waals surface area contributed by atoms with Crippen molar-refractivity contribution in [1.82, 2.24) is 4.90 Å². The van der Waals surface area contributed by atoms with Crippen LogP contribution < -0.4 is 0 Å². The Kier molecular flexibility index (Phi) is 5.45. The van der Waals surface area contributed by atoms with Gasteiger partial charge in [-0.15, -0.1) is 0 Å². The molecule has 3 aliphatic carbocycles. The zero-order chi connectivity index (χ0) is 26.9. The molecule has 2 amide bonds. The second kappa shape index (κ2) is 8.62. The predicted octanol–water partition coefficient (Wildman–Crippen LogP) is 3.45. The number of hydrogen-bond donors (Lipinski definition) is 2. The van der Waals surface area contributed by atoms with E-state index in [0.717, 1.165) is 21.2 Å². The molecule has 1 saturated heterocycles. The van der Waals surface area contributed by atoms with Gasteiger partial charge in [-0.25, -0.2) is 0 Å². The standard InChI is InChI=1S/C30H25NO7/c1-14-12-22(33)26-20(28(14)36)13-19-17(27(26)25-16-5-3-2-4-15(16)6-9-21(25)32)7-8-18-24(19)30(38)31(29(18)37)11-10-23(34)35/h2-7,9,12,18-19,24,27,32H,8,10-11,13H2,1H3,(H,34,35)/t18-,19+,24-,27+/m0/s1. The van der Waals surface area contributed by atoms with Crippen molar-refractivity contribution >= 4 is 40.1 Å². The van der Waals surface area contributed by atoms with E-state index < -0.39 is 41.5 Å². The van der Waals surface area contributed by atoms with Gasteiger partial charge in [0.25, 0.3) is 0 Å². The summed E-state index contributed by atoms with van der Waals surface area (Å²) in [5.74, 6) is -5.25. The number of rotatable bonds is 4. The summed E-state index contributed by atoms with van der Waals surface area (Å²) in [6.07, 6.45) is 3.26. The number of nitrogens with zero attached hydrogens (tertiary/aromatic N) is 1. The van der Waals surface area contributed by atoms with Crippen LogP contribution in [0.15, 0.2) is 70.8 Å². The van der Waals surface area contributed by atoms with Crippen LogP contribution in [0.3, 0.4) is 0 Å². The number of carboxylic acids is 1. The molecule has 192 valence electrons. The van der Waals surface area contributed by atoms with Crippen LogP contribution in [0.5, 0.6) is 5.75 Å². The second-order valence-electron chi connectivity index (χ2n) is 10.4. The number of aromatic hydroxyl groups is 1. The highest BCUT2D eigenvalue weighted by Gasteiger charge is 2.56. The number of phenols is 1. The Bertz CT molecular complexity index is 1580. The Morgan fingerprint density at radius 2 is 1.79 bits per heavy atom. The van der Waals surface area contributed by atoms with E-state index in [0.29, 0.717) is 22.3 Å². The Morgan fingerprint density at radius 1 is 1.03 bits per heavy atom. The van der Waals surface area contributed by atoms with Gasteiger partial charge in [-0.3, -0.25) is 28.9 Å². The molecule has 4 aliphatic rings. The minimum absolute atomic E-state index is 0.0207. The Balaban J connectivity index is 1.54. The number of hydrogen-bond acceptors (Lipinski definition) is 6. The van der Waals surface area contributed by atoms with Crippen molar-refractivity contribution in [1.29, 1.82) is 0 Å². The number of allylic oxidation sites excluding steroid dienone is 6. The van der Waals surface area contributed by atoms with E-state index in [1.54, 1.807) is 19.1 Å². The first-order valence-electron chi connectivity index (χ1n) is 12.7. The molecule has 1 aliphatic heterocycles. The summed E-state index contributed by atoms with van der Waals surface area (Å²) in [5, 5.41) is 21.8. The van der Waals surface area contributed by atoms with Gasteiger partial charge in [0, 0.05) is 34.7 Å². The lowest BCUT2D eigenvalue weighted by Crippen LogP contribution is -2.40. The molecule has 2 aromatic rings. The van der Waals surface area contributed by atoms with Gasteiger partial charge in [-0.1, -0.05) is 42.0 Å². The smallest absolute Gasteiger partial charge is 0.305 e. The van der Waals surface area contributed by atoms with Crippen LogP contribution in [0.2, 0.25) is 0 Å². The lowest BCUT2D eigenvalue weighted by molar-refractivity contribution is -0.142. The SMILES string of the molecule is CC1=CC(=O)C2=C(C[C@@H]3C(=CC[C@@H]4C(=O)N(CCC(=O)O)C(=O)[C@@H]43)[C@@H]2c2c(O)ccc3ccccc23)C1=O. The molecule has 8 heteroatoms. The lowest BCUT2D eigenvalue weighted by Gasteiger charge is -2.42. The molecule has 38 heavy (non-hydrogen) atoms. The largest absolute Gasteiger partial charge is 0.508 e. The minimum atomic E-state index is -1.10. The van der Waals surface area contributed by atoms with Gasteiger partial charge in [0.05, 0.1) is 18.3 Å². The van der Waals surface area contributed by atoms with Gasteiger partial charge in [-0.05, 0) is 48.6 Å².